The van der Waals surface area contributed by atoms with Gasteiger partial charge in [0.1, 0.15) is 11.9 Å². The van der Waals surface area contributed by atoms with Crippen molar-refractivity contribution in [1.29, 1.82) is 0 Å². The van der Waals surface area contributed by atoms with Crippen LogP contribution in [0.4, 0.5) is 0 Å². The lowest BCUT2D eigenvalue weighted by Crippen LogP contribution is -2.35. The van der Waals surface area contributed by atoms with Crippen LogP contribution in [0.15, 0.2) is 16.9 Å². The lowest BCUT2D eigenvalue weighted by molar-refractivity contribution is 0.0867. The smallest absolute Gasteiger partial charge is 0.332 e. The Morgan fingerprint density at radius 1 is 1.32 bits per heavy atom. The molecule has 1 aliphatic rings. The number of aromatic nitrogens is 3. The van der Waals surface area contributed by atoms with E-state index in [2.05, 4.69) is 29.9 Å². The van der Waals surface area contributed by atoms with Crippen LogP contribution in [-0.4, -0.2) is 41.9 Å². The fraction of sp³-hybridized carbons (Fsp3) is 0.647. The van der Waals surface area contributed by atoms with Gasteiger partial charge in [-0.15, -0.1) is 0 Å². The summed E-state index contributed by atoms with van der Waals surface area (Å²) in [5, 5.41) is 3.75. The molecule has 1 fully saturated rings. The molecular weight excluding hydrogens is 356 g/mol. The SMILES string of the molecule is C[Si](C)(C)CCOCn1c(=O)n(C2CCNCC2)c2nc(Cl)ccc21. The number of ether oxygens (including phenoxy) is 1. The first-order chi connectivity index (χ1) is 11.9. The minimum Gasteiger partial charge on any atom is -0.361 e. The van der Waals surface area contributed by atoms with Crippen LogP contribution in [0.2, 0.25) is 30.8 Å². The van der Waals surface area contributed by atoms with Crippen molar-refractivity contribution in [3.63, 3.8) is 0 Å². The zero-order chi connectivity index (χ0) is 18.0. The summed E-state index contributed by atoms with van der Waals surface area (Å²) in [4.78, 5) is 17.5. The number of nitrogens with one attached hydrogen (secondary N) is 1. The van der Waals surface area contributed by atoms with Gasteiger partial charge in [0.05, 0.1) is 5.52 Å². The molecule has 3 rings (SSSR count). The van der Waals surface area contributed by atoms with Crippen LogP contribution in [0.3, 0.4) is 0 Å². The van der Waals surface area contributed by atoms with E-state index < -0.39 is 8.07 Å². The number of pyridine rings is 1. The Balaban J connectivity index is 1.90. The Hall–Kier alpha value is -1.15. The Kier molecular flexibility index (Phi) is 5.67. The number of nitrogens with zero attached hydrogens (tertiary/aromatic N) is 3. The van der Waals surface area contributed by atoms with E-state index in [1.807, 2.05) is 10.6 Å². The third kappa shape index (κ3) is 4.34. The second-order valence-corrected chi connectivity index (χ2v) is 13.9. The number of imidazole rings is 1. The molecule has 0 saturated carbocycles. The molecule has 1 saturated heterocycles. The van der Waals surface area contributed by atoms with E-state index in [-0.39, 0.29) is 18.5 Å². The van der Waals surface area contributed by atoms with Crippen molar-refractivity contribution in [1.82, 2.24) is 19.4 Å². The van der Waals surface area contributed by atoms with Crippen LogP contribution in [-0.2, 0) is 11.5 Å². The van der Waals surface area contributed by atoms with Gasteiger partial charge in [-0.05, 0) is 44.1 Å². The van der Waals surface area contributed by atoms with Gasteiger partial charge in [-0.25, -0.2) is 9.78 Å². The summed E-state index contributed by atoms with van der Waals surface area (Å²) in [6.45, 7) is 9.73. The first-order valence-corrected chi connectivity index (χ1v) is 13.0. The maximum Gasteiger partial charge on any atom is 0.332 e. The van der Waals surface area contributed by atoms with Crippen molar-refractivity contribution < 1.29 is 4.74 Å². The molecule has 8 heteroatoms. The summed E-state index contributed by atoms with van der Waals surface area (Å²) < 4.78 is 9.32. The van der Waals surface area contributed by atoms with Gasteiger partial charge in [0.25, 0.3) is 0 Å². The van der Waals surface area contributed by atoms with Crippen LogP contribution < -0.4 is 11.0 Å². The quantitative estimate of drug-likeness (QED) is 0.473. The van der Waals surface area contributed by atoms with Crippen molar-refractivity contribution in [3.8, 4) is 0 Å². The Labute approximate surface area is 154 Å². The van der Waals surface area contributed by atoms with Crippen molar-refractivity contribution in [3.05, 3.63) is 27.8 Å². The highest BCUT2D eigenvalue weighted by Crippen LogP contribution is 2.23. The second-order valence-electron chi connectivity index (χ2n) is 7.89. The van der Waals surface area contributed by atoms with E-state index in [1.54, 1.807) is 10.6 Å². The zero-order valence-electron chi connectivity index (χ0n) is 15.2. The predicted molar refractivity (Wildman–Crippen MR) is 104 cm³/mol. The lowest BCUT2D eigenvalue weighted by Gasteiger charge is -2.23. The average molecular weight is 383 g/mol. The van der Waals surface area contributed by atoms with Gasteiger partial charge in [-0.3, -0.25) is 9.13 Å². The minimum absolute atomic E-state index is 0.0512. The molecule has 2 aromatic heterocycles. The van der Waals surface area contributed by atoms with Gasteiger partial charge in [-0.1, -0.05) is 31.2 Å². The first kappa shape index (κ1) is 18.6. The van der Waals surface area contributed by atoms with E-state index in [0.717, 1.165) is 37.5 Å². The third-order valence-electron chi connectivity index (χ3n) is 4.67. The third-order valence-corrected chi connectivity index (χ3v) is 6.58. The summed E-state index contributed by atoms with van der Waals surface area (Å²) in [5.41, 5.74) is 1.41. The molecule has 3 heterocycles. The molecule has 0 aliphatic carbocycles. The van der Waals surface area contributed by atoms with Gasteiger partial charge in [0, 0.05) is 20.7 Å². The molecule has 0 spiro atoms. The Morgan fingerprint density at radius 2 is 2.04 bits per heavy atom. The average Bonchev–Trinajstić information content (AvgIpc) is 2.82. The molecule has 0 aromatic carbocycles. The molecule has 1 aliphatic heterocycles. The van der Waals surface area contributed by atoms with Crippen molar-refractivity contribution >= 4 is 30.8 Å². The monoisotopic (exact) mass is 382 g/mol. The first-order valence-electron chi connectivity index (χ1n) is 8.92. The normalized spacial score (nSPS) is 16.6. The summed E-state index contributed by atoms with van der Waals surface area (Å²) >= 11 is 6.09. The molecule has 6 nitrogen and oxygen atoms in total. The molecule has 2 aromatic rings. The van der Waals surface area contributed by atoms with Crippen molar-refractivity contribution in [2.24, 2.45) is 0 Å². The maximum atomic E-state index is 13.0. The van der Waals surface area contributed by atoms with E-state index in [4.69, 9.17) is 16.3 Å². The zero-order valence-corrected chi connectivity index (χ0v) is 17.0. The number of hydrogen-bond acceptors (Lipinski definition) is 4. The fourth-order valence-corrected chi connectivity index (χ4v) is 4.08. The minimum atomic E-state index is -1.15. The molecular formula is C17H27ClN4O2Si. The summed E-state index contributed by atoms with van der Waals surface area (Å²) in [7, 11) is -1.15. The number of fused-ring (bicyclic) bond motifs is 1. The number of halogens is 1. The summed E-state index contributed by atoms with van der Waals surface area (Å²) in [6, 6.07) is 4.84. The molecule has 0 atom stereocenters. The van der Waals surface area contributed by atoms with Gasteiger partial charge in [0.15, 0.2) is 5.65 Å². The second kappa shape index (κ2) is 7.61. The Bertz CT molecular complexity index is 790. The molecule has 0 unspecified atom stereocenters. The molecule has 0 bridgehead atoms. The number of hydrogen-bond donors (Lipinski definition) is 1. The van der Waals surface area contributed by atoms with Crippen LogP contribution in [0.1, 0.15) is 18.9 Å². The predicted octanol–water partition coefficient (Wildman–Crippen LogP) is 3.09. The molecule has 0 amide bonds. The largest absolute Gasteiger partial charge is 0.361 e. The fourth-order valence-electron chi connectivity index (χ4n) is 3.18. The molecule has 0 radical (unpaired) electrons. The number of rotatable bonds is 6. The number of piperidine rings is 1. The van der Waals surface area contributed by atoms with Crippen LogP contribution in [0.5, 0.6) is 0 Å². The Morgan fingerprint density at radius 3 is 2.72 bits per heavy atom. The molecule has 138 valence electrons. The van der Waals surface area contributed by atoms with Crippen LogP contribution in [0, 0.1) is 0 Å². The molecule has 1 N–H and O–H groups in total. The van der Waals surface area contributed by atoms with Crippen LogP contribution >= 0.6 is 11.6 Å². The highest BCUT2D eigenvalue weighted by atomic mass is 35.5. The van der Waals surface area contributed by atoms with Gasteiger partial charge >= 0.3 is 5.69 Å². The van der Waals surface area contributed by atoms with E-state index in [0.29, 0.717) is 17.4 Å². The highest BCUT2D eigenvalue weighted by Gasteiger charge is 2.23. The topological polar surface area (TPSA) is 61.1 Å². The highest BCUT2D eigenvalue weighted by molar-refractivity contribution is 6.76. The lowest BCUT2D eigenvalue weighted by atomic mass is 10.1. The summed E-state index contributed by atoms with van der Waals surface area (Å²) in [6.07, 6.45) is 1.84. The van der Waals surface area contributed by atoms with E-state index in [9.17, 15) is 4.79 Å². The van der Waals surface area contributed by atoms with Gasteiger partial charge in [-0.2, -0.15) is 0 Å². The van der Waals surface area contributed by atoms with Crippen molar-refractivity contribution in [2.75, 3.05) is 19.7 Å². The summed E-state index contributed by atoms with van der Waals surface area (Å²) in [5.74, 6) is 0. The standard InChI is InChI=1S/C17H27ClN4O2Si/c1-25(2,3)11-10-24-12-21-14-4-5-15(18)20-16(14)22(17(21)23)13-6-8-19-9-7-13/h4-5,13,19H,6-12H2,1-3H3. The van der Waals surface area contributed by atoms with Gasteiger partial charge in [0.2, 0.25) is 0 Å². The van der Waals surface area contributed by atoms with Gasteiger partial charge < -0.3 is 10.1 Å². The maximum absolute atomic E-state index is 13.0. The van der Waals surface area contributed by atoms with Crippen molar-refractivity contribution in [2.45, 2.75) is 51.3 Å². The van der Waals surface area contributed by atoms with E-state index >= 15 is 0 Å². The van der Waals surface area contributed by atoms with E-state index in [1.165, 1.54) is 0 Å². The molecule has 25 heavy (non-hydrogen) atoms. The van der Waals surface area contributed by atoms with Crippen LogP contribution in [0.25, 0.3) is 11.2 Å².